The summed E-state index contributed by atoms with van der Waals surface area (Å²) in [6, 6.07) is 13.0. The van der Waals surface area contributed by atoms with Gasteiger partial charge in [0.25, 0.3) is 0 Å². The molecule has 2 aromatic carbocycles. The Morgan fingerprint density at radius 1 is 1.07 bits per heavy atom. The molecule has 0 aromatic heterocycles. The van der Waals surface area contributed by atoms with Crippen LogP contribution in [0.3, 0.4) is 0 Å². The van der Waals surface area contributed by atoms with Crippen LogP contribution in [0.25, 0.3) is 0 Å². The van der Waals surface area contributed by atoms with Crippen LogP contribution in [-0.2, 0) is 19.6 Å². The molecule has 1 heterocycles. The number of hydrogen-bond donors (Lipinski definition) is 2. The lowest BCUT2D eigenvalue weighted by atomic mass is 9.98. The van der Waals surface area contributed by atoms with Crippen molar-refractivity contribution in [2.24, 2.45) is 5.92 Å². The number of hydrogen-bond acceptors (Lipinski definition) is 5. The molecular formula is C21H25N3O5S. The predicted octanol–water partition coefficient (Wildman–Crippen LogP) is 2.69. The molecule has 0 spiro atoms. The zero-order chi connectivity index (χ0) is 21.7. The fraction of sp³-hybridized carbons (Fsp3) is 0.333. The van der Waals surface area contributed by atoms with E-state index in [4.69, 9.17) is 4.74 Å². The smallest absolute Gasteiger partial charge is 0.243 e. The Kier molecular flexibility index (Phi) is 6.73. The van der Waals surface area contributed by atoms with Gasteiger partial charge in [-0.05, 0) is 49.2 Å². The Morgan fingerprint density at radius 2 is 1.80 bits per heavy atom. The van der Waals surface area contributed by atoms with E-state index in [9.17, 15) is 18.0 Å². The second kappa shape index (κ2) is 9.27. The van der Waals surface area contributed by atoms with Crippen LogP contribution >= 0.6 is 0 Å². The van der Waals surface area contributed by atoms with Crippen molar-refractivity contribution >= 4 is 33.2 Å². The summed E-state index contributed by atoms with van der Waals surface area (Å²) >= 11 is 0. The number of nitrogens with one attached hydrogen (secondary N) is 2. The minimum absolute atomic E-state index is 0.117. The van der Waals surface area contributed by atoms with E-state index < -0.39 is 15.9 Å². The van der Waals surface area contributed by atoms with Crippen molar-refractivity contribution in [3.63, 3.8) is 0 Å². The van der Waals surface area contributed by atoms with Crippen LogP contribution < -0.4 is 15.4 Å². The van der Waals surface area contributed by atoms with Crippen molar-refractivity contribution in [3.8, 4) is 5.75 Å². The highest BCUT2D eigenvalue weighted by Gasteiger charge is 2.33. The number of carbonyl (C=O) groups is 2. The van der Waals surface area contributed by atoms with Gasteiger partial charge in [-0.15, -0.1) is 0 Å². The highest BCUT2D eigenvalue weighted by atomic mass is 32.2. The second-order valence-corrected chi connectivity index (χ2v) is 9.07. The second-order valence-electron chi connectivity index (χ2n) is 7.13. The molecule has 0 radical (unpaired) electrons. The van der Waals surface area contributed by atoms with Crippen LogP contribution in [0.2, 0.25) is 0 Å². The quantitative estimate of drug-likeness (QED) is 0.732. The third kappa shape index (κ3) is 5.17. The van der Waals surface area contributed by atoms with Crippen LogP contribution in [0.4, 0.5) is 11.4 Å². The summed E-state index contributed by atoms with van der Waals surface area (Å²) < 4.78 is 32.5. The van der Waals surface area contributed by atoms with Gasteiger partial charge in [-0.2, -0.15) is 4.31 Å². The van der Waals surface area contributed by atoms with Gasteiger partial charge in [-0.25, -0.2) is 8.42 Å². The maximum Gasteiger partial charge on any atom is 0.243 e. The maximum absolute atomic E-state index is 13.0. The molecule has 30 heavy (non-hydrogen) atoms. The number of sulfonamides is 1. The molecule has 1 atom stereocenters. The average Bonchev–Trinajstić information content (AvgIpc) is 2.74. The van der Waals surface area contributed by atoms with Gasteiger partial charge in [0.15, 0.2) is 0 Å². The third-order valence-electron chi connectivity index (χ3n) is 4.90. The summed E-state index contributed by atoms with van der Waals surface area (Å²) in [7, 11) is -2.19. The number of piperidine rings is 1. The molecule has 1 aliphatic heterocycles. The van der Waals surface area contributed by atoms with Crippen molar-refractivity contribution in [2.75, 3.05) is 30.8 Å². The van der Waals surface area contributed by atoms with Gasteiger partial charge >= 0.3 is 0 Å². The summed E-state index contributed by atoms with van der Waals surface area (Å²) in [4.78, 5) is 24.0. The zero-order valence-corrected chi connectivity index (χ0v) is 17.7. The Bertz CT molecular complexity index is 1020. The Labute approximate surface area is 176 Å². The molecule has 8 nitrogen and oxygen atoms in total. The molecule has 9 heteroatoms. The standard InChI is InChI=1S/C21H25N3O5S/c1-15(25)22-17-8-10-20(11-9-17)30(27,28)24-12-4-5-16(14-24)21(26)23-18-6-3-7-19(13-18)29-2/h3,6-11,13,16H,4-5,12,14H2,1-2H3,(H,22,25)(H,23,26). The molecule has 3 rings (SSSR count). The first-order valence-corrected chi connectivity index (χ1v) is 11.1. The van der Waals surface area contributed by atoms with Gasteiger partial charge in [0, 0.05) is 37.5 Å². The van der Waals surface area contributed by atoms with Crippen LogP contribution in [0, 0.1) is 5.92 Å². The number of methoxy groups -OCH3 is 1. The molecule has 1 aliphatic rings. The van der Waals surface area contributed by atoms with Gasteiger partial charge in [0.2, 0.25) is 21.8 Å². The van der Waals surface area contributed by atoms with E-state index in [1.165, 1.54) is 23.4 Å². The largest absolute Gasteiger partial charge is 0.497 e. The van der Waals surface area contributed by atoms with Gasteiger partial charge in [0.1, 0.15) is 5.75 Å². The summed E-state index contributed by atoms with van der Waals surface area (Å²) in [5.41, 5.74) is 1.13. The monoisotopic (exact) mass is 431 g/mol. The Morgan fingerprint density at radius 3 is 2.47 bits per heavy atom. The number of anilines is 2. The SMILES string of the molecule is COc1cccc(NC(=O)C2CCCN(S(=O)(=O)c3ccc(NC(C)=O)cc3)C2)c1. The molecule has 1 unspecified atom stereocenters. The number of rotatable bonds is 6. The summed E-state index contributed by atoms with van der Waals surface area (Å²) in [6.45, 7) is 1.86. The third-order valence-corrected chi connectivity index (χ3v) is 6.78. The number of amides is 2. The Balaban J connectivity index is 1.69. The van der Waals surface area contributed by atoms with E-state index >= 15 is 0 Å². The van der Waals surface area contributed by atoms with E-state index in [1.807, 2.05) is 0 Å². The highest BCUT2D eigenvalue weighted by molar-refractivity contribution is 7.89. The average molecular weight is 432 g/mol. The van der Waals surface area contributed by atoms with Crippen LogP contribution in [0.15, 0.2) is 53.4 Å². The maximum atomic E-state index is 13.0. The van der Waals surface area contributed by atoms with E-state index in [2.05, 4.69) is 10.6 Å². The first-order chi connectivity index (χ1) is 14.3. The van der Waals surface area contributed by atoms with E-state index in [0.29, 0.717) is 36.5 Å². The van der Waals surface area contributed by atoms with Gasteiger partial charge in [-0.3, -0.25) is 9.59 Å². The van der Waals surface area contributed by atoms with E-state index in [-0.39, 0.29) is 23.3 Å². The van der Waals surface area contributed by atoms with Crippen molar-refractivity contribution in [1.82, 2.24) is 4.31 Å². The molecule has 0 aliphatic carbocycles. The fourth-order valence-electron chi connectivity index (χ4n) is 3.38. The lowest BCUT2D eigenvalue weighted by Gasteiger charge is -2.31. The molecule has 2 amide bonds. The van der Waals surface area contributed by atoms with Crippen molar-refractivity contribution in [2.45, 2.75) is 24.7 Å². The molecule has 0 saturated carbocycles. The first-order valence-electron chi connectivity index (χ1n) is 9.62. The van der Waals surface area contributed by atoms with Crippen LogP contribution in [0.1, 0.15) is 19.8 Å². The molecular weight excluding hydrogens is 406 g/mol. The summed E-state index contributed by atoms with van der Waals surface area (Å²) in [6.07, 6.45) is 1.21. The molecule has 1 fully saturated rings. The van der Waals surface area contributed by atoms with E-state index in [1.54, 1.807) is 43.5 Å². The molecule has 0 bridgehead atoms. The first kappa shape index (κ1) is 21.8. The topological polar surface area (TPSA) is 105 Å². The summed E-state index contributed by atoms with van der Waals surface area (Å²) in [5.74, 6) is -0.266. The number of carbonyl (C=O) groups excluding carboxylic acids is 2. The predicted molar refractivity (Wildman–Crippen MR) is 114 cm³/mol. The van der Waals surface area contributed by atoms with Crippen molar-refractivity contribution in [1.29, 1.82) is 0 Å². The lowest BCUT2D eigenvalue weighted by molar-refractivity contribution is -0.121. The molecule has 2 aromatic rings. The van der Waals surface area contributed by atoms with Crippen LogP contribution in [-0.4, -0.2) is 44.7 Å². The summed E-state index contributed by atoms with van der Waals surface area (Å²) in [5, 5.41) is 5.45. The lowest BCUT2D eigenvalue weighted by Crippen LogP contribution is -2.43. The minimum Gasteiger partial charge on any atom is -0.497 e. The van der Waals surface area contributed by atoms with Gasteiger partial charge < -0.3 is 15.4 Å². The van der Waals surface area contributed by atoms with Crippen molar-refractivity contribution in [3.05, 3.63) is 48.5 Å². The number of ether oxygens (including phenoxy) is 1. The van der Waals surface area contributed by atoms with Crippen molar-refractivity contribution < 1.29 is 22.7 Å². The highest BCUT2D eigenvalue weighted by Crippen LogP contribution is 2.26. The minimum atomic E-state index is -3.74. The zero-order valence-electron chi connectivity index (χ0n) is 16.9. The van der Waals surface area contributed by atoms with Crippen LogP contribution in [0.5, 0.6) is 5.75 Å². The van der Waals surface area contributed by atoms with Gasteiger partial charge in [0.05, 0.1) is 17.9 Å². The normalized spacial score (nSPS) is 17.2. The molecule has 1 saturated heterocycles. The number of nitrogens with zero attached hydrogens (tertiary/aromatic N) is 1. The Hall–Kier alpha value is -2.91. The molecule has 160 valence electrons. The van der Waals surface area contributed by atoms with E-state index in [0.717, 1.165) is 0 Å². The molecule has 2 N–H and O–H groups in total. The van der Waals surface area contributed by atoms with Gasteiger partial charge in [-0.1, -0.05) is 6.07 Å². The number of benzene rings is 2. The fourth-order valence-corrected chi connectivity index (χ4v) is 4.91.